The number of carbonyl (C=O) groups is 1. The molecular formula is C16H22N2O. The summed E-state index contributed by atoms with van der Waals surface area (Å²) in [5.74, 6) is 0.690. The summed E-state index contributed by atoms with van der Waals surface area (Å²) in [6.07, 6.45) is 7.23. The van der Waals surface area contributed by atoms with Crippen LogP contribution in [-0.2, 0) is 12.8 Å². The molecule has 2 aliphatic carbocycles. The third kappa shape index (κ3) is 2.91. The number of rotatable bonds is 3. The summed E-state index contributed by atoms with van der Waals surface area (Å²) in [6.45, 7) is 2.09. The molecule has 1 aromatic rings. The van der Waals surface area contributed by atoms with Gasteiger partial charge in [0.1, 0.15) is 0 Å². The number of hydrogen-bond acceptors (Lipinski definition) is 1. The second kappa shape index (κ2) is 5.24. The van der Waals surface area contributed by atoms with E-state index in [1.54, 1.807) is 0 Å². The van der Waals surface area contributed by atoms with Crippen LogP contribution in [0.2, 0.25) is 0 Å². The average molecular weight is 258 g/mol. The van der Waals surface area contributed by atoms with Crippen molar-refractivity contribution in [3.63, 3.8) is 0 Å². The maximum atomic E-state index is 12.0. The lowest BCUT2D eigenvalue weighted by Gasteiger charge is -2.20. The minimum absolute atomic E-state index is 0.0571. The third-order valence-corrected chi connectivity index (χ3v) is 4.33. The molecule has 0 spiro atoms. The fourth-order valence-corrected chi connectivity index (χ4v) is 2.98. The Hall–Kier alpha value is -1.51. The van der Waals surface area contributed by atoms with Crippen molar-refractivity contribution >= 4 is 11.7 Å². The molecule has 2 aliphatic rings. The van der Waals surface area contributed by atoms with Gasteiger partial charge < -0.3 is 10.6 Å². The number of carbonyl (C=O) groups excluding carboxylic acids is 1. The Morgan fingerprint density at radius 3 is 2.84 bits per heavy atom. The molecule has 3 rings (SSSR count). The number of aryl methyl sites for hydroxylation is 1. The Balaban J connectivity index is 1.67. The fourth-order valence-electron chi connectivity index (χ4n) is 2.98. The first kappa shape index (κ1) is 12.5. The number of benzene rings is 1. The van der Waals surface area contributed by atoms with Crippen LogP contribution in [-0.4, -0.2) is 12.1 Å². The number of amides is 2. The molecule has 0 heterocycles. The van der Waals surface area contributed by atoms with Crippen LogP contribution in [0.25, 0.3) is 0 Å². The van der Waals surface area contributed by atoms with Gasteiger partial charge >= 0.3 is 6.03 Å². The van der Waals surface area contributed by atoms with Crippen molar-refractivity contribution in [2.75, 3.05) is 5.32 Å². The lowest BCUT2D eigenvalue weighted by Crippen LogP contribution is -2.37. The molecule has 0 bridgehead atoms. The molecule has 0 aliphatic heterocycles. The Kier molecular flexibility index (Phi) is 3.45. The highest BCUT2D eigenvalue weighted by molar-refractivity contribution is 5.90. The van der Waals surface area contributed by atoms with Crippen LogP contribution in [0.15, 0.2) is 18.2 Å². The smallest absolute Gasteiger partial charge is 0.319 e. The van der Waals surface area contributed by atoms with E-state index in [1.165, 1.54) is 36.8 Å². The van der Waals surface area contributed by atoms with Crippen molar-refractivity contribution < 1.29 is 4.79 Å². The van der Waals surface area contributed by atoms with Gasteiger partial charge in [-0.2, -0.15) is 0 Å². The molecule has 1 saturated carbocycles. The van der Waals surface area contributed by atoms with Gasteiger partial charge in [-0.05, 0) is 68.6 Å². The molecule has 1 unspecified atom stereocenters. The Morgan fingerprint density at radius 2 is 2.05 bits per heavy atom. The number of urea groups is 1. The molecule has 2 amide bonds. The molecule has 1 fully saturated rings. The Bertz CT molecular complexity index is 480. The molecular weight excluding hydrogens is 236 g/mol. The van der Waals surface area contributed by atoms with Crippen molar-refractivity contribution in [3.05, 3.63) is 29.3 Å². The van der Waals surface area contributed by atoms with Gasteiger partial charge in [-0.25, -0.2) is 4.79 Å². The zero-order valence-electron chi connectivity index (χ0n) is 11.5. The third-order valence-electron chi connectivity index (χ3n) is 4.33. The van der Waals surface area contributed by atoms with Crippen LogP contribution in [0.5, 0.6) is 0 Å². The second-order valence-corrected chi connectivity index (χ2v) is 5.87. The van der Waals surface area contributed by atoms with E-state index >= 15 is 0 Å². The molecule has 0 saturated heterocycles. The predicted molar refractivity (Wildman–Crippen MR) is 77.4 cm³/mol. The van der Waals surface area contributed by atoms with Gasteiger partial charge in [0, 0.05) is 11.7 Å². The minimum atomic E-state index is -0.0571. The first-order chi connectivity index (χ1) is 9.24. The summed E-state index contributed by atoms with van der Waals surface area (Å²) in [5, 5.41) is 6.08. The molecule has 19 heavy (non-hydrogen) atoms. The number of hydrogen-bond donors (Lipinski definition) is 2. The van der Waals surface area contributed by atoms with E-state index in [-0.39, 0.29) is 6.03 Å². The van der Waals surface area contributed by atoms with E-state index in [1.807, 2.05) is 12.1 Å². The van der Waals surface area contributed by atoms with Gasteiger partial charge in [0.05, 0.1) is 0 Å². The van der Waals surface area contributed by atoms with Crippen LogP contribution in [0.3, 0.4) is 0 Å². The van der Waals surface area contributed by atoms with E-state index in [2.05, 4.69) is 23.6 Å². The van der Waals surface area contributed by atoms with E-state index in [9.17, 15) is 4.79 Å². The molecule has 1 aromatic carbocycles. The highest BCUT2D eigenvalue weighted by Gasteiger charge is 2.29. The quantitative estimate of drug-likeness (QED) is 0.856. The molecule has 1 atom stereocenters. The molecule has 3 nitrogen and oxygen atoms in total. The normalized spacial score (nSPS) is 19.4. The van der Waals surface area contributed by atoms with Crippen molar-refractivity contribution in [1.29, 1.82) is 0 Å². The molecule has 0 aromatic heterocycles. The van der Waals surface area contributed by atoms with Crippen molar-refractivity contribution in [2.45, 2.75) is 51.5 Å². The summed E-state index contributed by atoms with van der Waals surface area (Å²) in [7, 11) is 0. The van der Waals surface area contributed by atoms with Crippen LogP contribution >= 0.6 is 0 Å². The summed E-state index contributed by atoms with van der Waals surface area (Å²) in [6, 6.07) is 6.48. The van der Waals surface area contributed by atoms with Crippen LogP contribution in [0.1, 0.15) is 43.7 Å². The first-order valence-corrected chi connectivity index (χ1v) is 7.42. The number of nitrogens with one attached hydrogen (secondary N) is 2. The van der Waals surface area contributed by atoms with Crippen LogP contribution in [0, 0.1) is 5.92 Å². The van der Waals surface area contributed by atoms with Gasteiger partial charge in [-0.15, -0.1) is 0 Å². The van der Waals surface area contributed by atoms with Gasteiger partial charge in [0.25, 0.3) is 0 Å². The lowest BCUT2D eigenvalue weighted by atomic mass is 9.90. The van der Waals surface area contributed by atoms with Gasteiger partial charge in [0.2, 0.25) is 0 Å². The summed E-state index contributed by atoms with van der Waals surface area (Å²) in [4.78, 5) is 12.0. The number of anilines is 1. The van der Waals surface area contributed by atoms with Crippen LogP contribution < -0.4 is 10.6 Å². The zero-order chi connectivity index (χ0) is 13.2. The van der Waals surface area contributed by atoms with E-state index in [0.717, 1.165) is 18.5 Å². The monoisotopic (exact) mass is 258 g/mol. The van der Waals surface area contributed by atoms with Gasteiger partial charge in [-0.3, -0.25) is 0 Å². The summed E-state index contributed by atoms with van der Waals surface area (Å²) in [5.41, 5.74) is 3.74. The summed E-state index contributed by atoms with van der Waals surface area (Å²) < 4.78 is 0. The lowest BCUT2D eigenvalue weighted by molar-refractivity contribution is 0.248. The minimum Gasteiger partial charge on any atom is -0.335 e. The topological polar surface area (TPSA) is 41.1 Å². The largest absolute Gasteiger partial charge is 0.335 e. The Labute approximate surface area is 114 Å². The molecule has 3 heteroatoms. The molecule has 102 valence electrons. The fraction of sp³-hybridized carbons (Fsp3) is 0.562. The summed E-state index contributed by atoms with van der Waals surface area (Å²) >= 11 is 0. The van der Waals surface area contributed by atoms with Crippen molar-refractivity contribution in [2.24, 2.45) is 5.92 Å². The molecule has 0 radical (unpaired) electrons. The van der Waals surface area contributed by atoms with E-state index in [0.29, 0.717) is 12.0 Å². The predicted octanol–water partition coefficient (Wildman–Crippen LogP) is 3.49. The SMILES string of the molecule is CC(NC(=O)Nc1cccc2c1CCCC2)C1CC1. The maximum absolute atomic E-state index is 12.0. The zero-order valence-corrected chi connectivity index (χ0v) is 11.5. The van der Waals surface area contributed by atoms with E-state index in [4.69, 9.17) is 0 Å². The van der Waals surface area contributed by atoms with E-state index < -0.39 is 0 Å². The number of fused-ring (bicyclic) bond motifs is 1. The second-order valence-electron chi connectivity index (χ2n) is 5.87. The van der Waals surface area contributed by atoms with Crippen molar-refractivity contribution in [3.8, 4) is 0 Å². The highest BCUT2D eigenvalue weighted by Crippen LogP contribution is 2.32. The molecule has 2 N–H and O–H groups in total. The van der Waals surface area contributed by atoms with Gasteiger partial charge in [-0.1, -0.05) is 12.1 Å². The van der Waals surface area contributed by atoms with Crippen molar-refractivity contribution in [1.82, 2.24) is 5.32 Å². The maximum Gasteiger partial charge on any atom is 0.319 e. The average Bonchev–Trinajstić information content (AvgIpc) is 3.23. The van der Waals surface area contributed by atoms with Gasteiger partial charge in [0.15, 0.2) is 0 Å². The highest BCUT2D eigenvalue weighted by atomic mass is 16.2. The Morgan fingerprint density at radius 1 is 1.26 bits per heavy atom. The standard InChI is InChI=1S/C16H22N2O/c1-11(12-9-10-12)17-16(19)18-15-8-4-6-13-5-2-3-7-14(13)15/h4,6,8,11-12H,2-3,5,7,9-10H2,1H3,(H2,17,18,19). The first-order valence-electron chi connectivity index (χ1n) is 7.42. The van der Waals surface area contributed by atoms with Crippen LogP contribution in [0.4, 0.5) is 10.5 Å².